The molecule has 1 aliphatic rings. The number of halogens is 1. The highest BCUT2D eigenvalue weighted by atomic mass is 35.5. The number of carboxylic acids is 1. The van der Waals surface area contributed by atoms with E-state index in [4.69, 9.17) is 33.0 Å². The lowest BCUT2D eigenvalue weighted by molar-refractivity contribution is -0.119. The maximum Gasteiger partial charge on any atom is 0.335 e. The summed E-state index contributed by atoms with van der Waals surface area (Å²) in [4.78, 5) is 29.9. The van der Waals surface area contributed by atoms with Crippen LogP contribution in [-0.2, 0) is 9.53 Å². The summed E-state index contributed by atoms with van der Waals surface area (Å²) < 4.78 is 11.3. The molecule has 0 bridgehead atoms. The molecule has 0 spiro atoms. The zero-order valence-corrected chi connectivity index (χ0v) is 23.1. The molecule has 1 aliphatic heterocycles. The number of rotatable bonds is 8. The number of hydrogen-bond acceptors (Lipinski definition) is 6. The summed E-state index contributed by atoms with van der Waals surface area (Å²) in [6, 6.07) is 18.8. The lowest BCUT2D eigenvalue weighted by Gasteiger charge is -2.26. The van der Waals surface area contributed by atoms with Crippen LogP contribution in [-0.4, -0.2) is 40.8 Å². The van der Waals surface area contributed by atoms with Crippen molar-refractivity contribution in [2.24, 2.45) is 0 Å². The zero-order valence-electron chi connectivity index (χ0n) is 21.6. The smallest absolute Gasteiger partial charge is 0.335 e. The molecule has 0 aliphatic carbocycles. The first-order valence-corrected chi connectivity index (χ1v) is 13.1. The molecule has 1 saturated heterocycles. The number of carboxylic acid groups (broad SMARTS) is 1. The minimum Gasteiger partial charge on any atom is -0.478 e. The molecular formula is C29H25ClN4O5S. The average molecular weight is 577 g/mol. The second-order valence-corrected chi connectivity index (χ2v) is 9.97. The molecule has 1 fully saturated rings. The number of thiocarbonyl (C=S) groups is 1. The fourth-order valence-corrected chi connectivity index (χ4v) is 5.29. The standard InChI is InChI=1S/C29H25ClN4O5S/c1-16-13-17(28(36)37)6-8-19(16)23-10-11-24(39-23)27-26(22-5-3-4-12-31-22)33-29(40)34(27)18-7-9-21(20(30)14-18)32-25(35)15-38-2/h3-14,26-27H,15H2,1-2H3,(H,32,35)(H,33,40)(H,36,37)/t26-,27+/m1/s1. The Balaban J connectivity index is 1.54. The fourth-order valence-electron chi connectivity index (χ4n) is 4.72. The van der Waals surface area contributed by atoms with Crippen LogP contribution in [0.4, 0.5) is 11.4 Å². The van der Waals surface area contributed by atoms with Gasteiger partial charge in [-0.2, -0.15) is 0 Å². The maximum atomic E-state index is 12.0. The van der Waals surface area contributed by atoms with Gasteiger partial charge in [0.05, 0.1) is 28.0 Å². The van der Waals surface area contributed by atoms with Crippen LogP contribution in [0.1, 0.15) is 39.5 Å². The number of nitrogens with one attached hydrogen (secondary N) is 2. The molecule has 0 unspecified atom stereocenters. The highest BCUT2D eigenvalue weighted by Crippen LogP contribution is 2.44. The van der Waals surface area contributed by atoms with E-state index >= 15 is 0 Å². The number of pyridine rings is 1. The van der Waals surface area contributed by atoms with Gasteiger partial charge >= 0.3 is 5.97 Å². The average Bonchev–Trinajstić information content (AvgIpc) is 3.55. The minimum atomic E-state index is -0.989. The summed E-state index contributed by atoms with van der Waals surface area (Å²) in [7, 11) is 1.44. The molecule has 9 nitrogen and oxygen atoms in total. The summed E-state index contributed by atoms with van der Waals surface area (Å²) in [6.07, 6.45) is 1.72. The van der Waals surface area contributed by atoms with Gasteiger partial charge in [0.25, 0.3) is 0 Å². The first kappa shape index (κ1) is 27.3. The first-order chi connectivity index (χ1) is 19.3. The number of furan rings is 1. The van der Waals surface area contributed by atoms with Crippen molar-refractivity contribution in [1.82, 2.24) is 10.3 Å². The number of benzene rings is 2. The molecule has 0 radical (unpaired) electrons. The van der Waals surface area contributed by atoms with Gasteiger partial charge in [0.15, 0.2) is 5.11 Å². The number of aromatic nitrogens is 1. The number of aromatic carboxylic acids is 1. The van der Waals surface area contributed by atoms with Gasteiger partial charge in [-0.15, -0.1) is 0 Å². The van der Waals surface area contributed by atoms with Crippen molar-refractivity contribution in [1.29, 1.82) is 0 Å². The maximum absolute atomic E-state index is 12.0. The number of hydrogen-bond donors (Lipinski definition) is 3. The van der Waals surface area contributed by atoms with Gasteiger partial charge in [-0.1, -0.05) is 23.7 Å². The van der Waals surface area contributed by atoms with Crippen molar-refractivity contribution >= 4 is 52.2 Å². The van der Waals surface area contributed by atoms with Crippen LogP contribution in [0.15, 0.2) is 77.3 Å². The second-order valence-electron chi connectivity index (χ2n) is 9.18. The number of ether oxygens (including phenoxy) is 1. The predicted molar refractivity (Wildman–Crippen MR) is 156 cm³/mol. The van der Waals surface area contributed by atoms with E-state index in [0.717, 1.165) is 16.8 Å². The van der Waals surface area contributed by atoms with Gasteiger partial charge < -0.3 is 29.8 Å². The zero-order chi connectivity index (χ0) is 28.4. The Morgan fingerprint density at radius 3 is 2.67 bits per heavy atom. The largest absolute Gasteiger partial charge is 0.478 e. The number of aryl methyl sites for hydroxylation is 1. The Morgan fingerprint density at radius 1 is 1.18 bits per heavy atom. The van der Waals surface area contributed by atoms with E-state index in [1.54, 1.807) is 36.5 Å². The predicted octanol–water partition coefficient (Wildman–Crippen LogP) is 5.76. The van der Waals surface area contributed by atoms with Crippen LogP contribution >= 0.6 is 23.8 Å². The quantitative estimate of drug-likeness (QED) is 0.225. The Morgan fingerprint density at radius 2 is 2.00 bits per heavy atom. The van der Waals surface area contributed by atoms with Crippen LogP contribution in [0.2, 0.25) is 5.02 Å². The van der Waals surface area contributed by atoms with Gasteiger partial charge in [0, 0.05) is 24.6 Å². The topological polar surface area (TPSA) is 117 Å². The minimum absolute atomic E-state index is 0.0919. The summed E-state index contributed by atoms with van der Waals surface area (Å²) in [6.45, 7) is 1.75. The van der Waals surface area contributed by atoms with Crippen molar-refractivity contribution in [2.45, 2.75) is 19.0 Å². The first-order valence-electron chi connectivity index (χ1n) is 12.3. The Labute approximate surface area is 240 Å². The van der Waals surface area contributed by atoms with Gasteiger partial charge in [-0.3, -0.25) is 9.78 Å². The summed E-state index contributed by atoms with van der Waals surface area (Å²) in [5.74, 6) is -0.0972. The SMILES string of the molecule is COCC(=O)Nc1ccc(N2C(=S)N[C@H](c3ccccn3)[C@@H]2c2ccc(-c3ccc(C(=O)O)cc3C)o2)cc1Cl. The van der Waals surface area contributed by atoms with Gasteiger partial charge in [-0.25, -0.2) is 4.79 Å². The number of carbonyl (C=O) groups excluding carboxylic acids is 1. The molecule has 3 N–H and O–H groups in total. The molecule has 4 aromatic rings. The molecule has 2 aromatic carbocycles. The van der Waals surface area contributed by atoms with Gasteiger partial charge in [-0.05, 0) is 79.3 Å². The highest BCUT2D eigenvalue weighted by molar-refractivity contribution is 7.80. The Hall–Kier alpha value is -4.25. The molecule has 3 heterocycles. The molecule has 204 valence electrons. The van der Waals surface area contributed by atoms with Gasteiger partial charge in [0.1, 0.15) is 24.2 Å². The fraction of sp³-hybridized carbons (Fsp3) is 0.172. The van der Waals surface area contributed by atoms with E-state index < -0.39 is 12.0 Å². The van der Waals surface area contributed by atoms with Crippen molar-refractivity contribution in [2.75, 3.05) is 23.9 Å². The number of anilines is 2. The van der Waals surface area contributed by atoms with Crippen molar-refractivity contribution in [3.05, 3.63) is 101 Å². The van der Waals surface area contributed by atoms with E-state index in [1.807, 2.05) is 48.2 Å². The lowest BCUT2D eigenvalue weighted by Crippen LogP contribution is -2.29. The molecule has 11 heteroatoms. The normalized spacial score (nSPS) is 16.6. The monoisotopic (exact) mass is 576 g/mol. The number of amides is 1. The number of nitrogens with zero attached hydrogens (tertiary/aromatic N) is 2. The van der Waals surface area contributed by atoms with Crippen LogP contribution in [0.5, 0.6) is 0 Å². The molecule has 1 amide bonds. The number of carbonyl (C=O) groups is 2. The van der Waals surface area contributed by atoms with Crippen LogP contribution in [0.25, 0.3) is 11.3 Å². The third-order valence-corrected chi connectivity index (χ3v) is 7.16. The van der Waals surface area contributed by atoms with E-state index in [9.17, 15) is 14.7 Å². The summed E-state index contributed by atoms with van der Waals surface area (Å²) in [5, 5.41) is 16.2. The highest BCUT2D eigenvalue weighted by Gasteiger charge is 2.42. The summed E-state index contributed by atoms with van der Waals surface area (Å²) >= 11 is 12.3. The molecule has 2 atom stereocenters. The second kappa shape index (κ2) is 11.5. The molecule has 0 saturated carbocycles. The van der Waals surface area contributed by atoms with E-state index in [2.05, 4.69) is 15.6 Å². The van der Waals surface area contributed by atoms with Crippen molar-refractivity contribution in [3.63, 3.8) is 0 Å². The molecule has 5 rings (SSSR count). The Kier molecular flexibility index (Phi) is 7.83. The molecular weight excluding hydrogens is 552 g/mol. The molecule has 2 aromatic heterocycles. The third kappa shape index (κ3) is 5.42. The van der Waals surface area contributed by atoms with Crippen molar-refractivity contribution in [3.8, 4) is 11.3 Å². The van der Waals surface area contributed by atoms with Crippen molar-refractivity contribution < 1.29 is 23.8 Å². The lowest BCUT2D eigenvalue weighted by atomic mass is 10.0. The van der Waals surface area contributed by atoms with Gasteiger partial charge in [0.2, 0.25) is 5.91 Å². The van der Waals surface area contributed by atoms with Crippen LogP contribution < -0.4 is 15.5 Å². The molecule has 40 heavy (non-hydrogen) atoms. The van der Waals surface area contributed by atoms with Crippen LogP contribution in [0, 0.1) is 6.92 Å². The van der Waals surface area contributed by atoms with E-state index in [0.29, 0.717) is 33.0 Å². The Bertz CT molecular complexity index is 1590. The third-order valence-electron chi connectivity index (χ3n) is 6.54. The summed E-state index contributed by atoms with van der Waals surface area (Å²) in [5.41, 5.74) is 3.67. The van der Waals surface area contributed by atoms with E-state index in [-0.39, 0.29) is 24.1 Å². The van der Waals surface area contributed by atoms with E-state index in [1.165, 1.54) is 7.11 Å². The van der Waals surface area contributed by atoms with Crippen LogP contribution in [0.3, 0.4) is 0 Å². The number of methoxy groups -OCH3 is 1.